The van der Waals surface area contributed by atoms with Crippen molar-refractivity contribution in [2.75, 3.05) is 0 Å². The quantitative estimate of drug-likeness (QED) is 0.814. The van der Waals surface area contributed by atoms with Gasteiger partial charge < -0.3 is 14.8 Å². The molecule has 128 valence electrons. The monoisotopic (exact) mass is 322 g/mol. The Bertz CT molecular complexity index is 509. The zero-order chi connectivity index (χ0) is 17.5. The normalized spacial score (nSPS) is 12.6. The summed E-state index contributed by atoms with van der Waals surface area (Å²) in [6.07, 6.45) is 3.09. The van der Waals surface area contributed by atoms with Crippen molar-refractivity contribution in [3.05, 3.63) is 30.1 Å². The van der Waals surface area contributed by atoms with Crippen LogP contribution in [0.3, 0.4) is 0 Å². The molecule has 6 nitrogen and oxygen atoms in total. The van der Waals surface area contributed by atoms with E-state index in [1.54, 1.807) is 45.3 Å². The average Bonchev–Trinajstić information content (AvgIpc) is 2.43. The Labute approximate surface area is 137 Å². The number of rotatable bonds is 6. The first-order chi connectivity index (χ1) is 10.7. The molecule has 0 aliphatic heterocycles. The van der Waals surface area contributed by atoms with Crippen LogP contribution in [0.5, 0.6) is 0 Å². The highest BCUT2D eigenvalue weighted by molar-refractivity contribution is 5.81. The van der Waals surface area contributed by atoms with Crippen molar-refractivity contribution in [3.63, 3.8) is 0 Å². The van der Waals surface area contributed by atoms with Crippen LogP contribution in [0.2, 0.25) is 0 Å². The smallest absolute Gasteiger partial charge is 0.408 e. The molecule has 0 spiro atoms. The number of hydrogen-bond donors (Lipinski definition) is 1. The zero-order valence-corrected chi connectivity index (χ0v) is 14.5. The fraction of sp³-hybridized carbons (Fsp3) is 0.588. The minimum atomic E-state index is -0.723. The molecule has 1 atom stereocenters. The van der Waals surface area contributed by atoms with Gasteiger partial charge in [0.1, 0.15) is 18.2 Å². The van der Waals surface area contributed by atoms with Crippen LogP contribution in [0.25, 0.3) is 0 Å². The van der Waals surface area contributed by atoms with Crippen molar-refractivity contribution in [1.82, 2.24) is 10.3 Å². The van der Waals surface area contributed by atoms with E-state index in [-0.39, 0.29) is 12.5 Å². The summed E-state index contributed by atoms with van der Waals surface area (Å²) in [5, 5.41) is 2.59. The molecule has 6 heteroatoms. The molecule has 0 saturated carbocycles. The topological polar surface area (TPSA) is 77.5 Å². The SMILES string of the molecule is CC(C)CC(NC(=O)OCc1ccncc1)C(=O)OC(C)(C)C. The van der Waals surface area contributed by atoms with Crippen LogP contribution in [0.1, 0.15) is 46.6 Å². The second-order valence-corrected chi connectivity index (χ2v) is 6.79. The van der Waals surface area contributed by atoms with Gasteiger partial charge in [-0.2, -0.15) is 0 Å². The Morgan fingerprint density at radius 3 is 2.35 bits per heavy atom. The number of aromatic nitrogens is 1. The lowest BCUT2D eigenvalue weighted by molar-refractivity contribution is -0.157. The van der Waals surface area contributed by atoms with Gasteiger partial charge in [0.15, 0.2) is 0 Å². The van der Waals surface area contributed by atoms with E-state index in [9.17, 15) is 9.59 Å². The van der Waals surface area contributed by atoms with Crippen LogP contribution in [-0.4, -0.2) is 28.7 Å². The molecule has 1 N–H and O–H groups in total. The molecule has 1 amide bonds. The maximum Gasteiger partial charge on any atom is 0.408 e. The fourth-order valence-electron chi connectivity index (χ4n) is 1.87. The molecular formula is C17H26N2O4. The van der Waals surface area contributed by atoms with Gasteiger partial charge in [-0.3, -0.25) is 4.98 Å². The summed E-state index contributed by atoms with van der Waals surface area (Å²) in [6, 6.07) is 2.79. The summed E-state index contributed by atoms with van der Waals surface area (Å²) in [4.78, 5) is 28.0. The number of nitrogens with zero attached hydrogens (tertiary/aromatic N) is 1. The number of carbonyl (C=O) groups excluding carboxylic acids is 2. The maximum atomic E-state index is 12.2. The van der Waals surface area contributed by atoms with Crippen LogP contribution in [-0.2, 0) is 20.9 Å². The van der Waals surface area contributed by atoms with Gasteiger partial charge in [0.05, 0.1) is 0 Å². The standard InChI is InChI=1S/C17H26N2O4/c1-12(2)10-14(15(20)23-17(3,4)5)19-16(21)22-11-13-6-8-18-9-7-13/h6-9,12,14H,10-11H2,1-5H3,(H,19,21). The van der Waals surface area contributed by atoms with Crippen LogP contribution in [0.4, 0.5) is 4.79 Å². The van der Waals surface area contributed by atoms with Gasteiger partial charge in [-0.15, -0.1) is 0 Å². The van der Waals surface area contributed by atoms with E-state index in [1.807, 2.05) is 13.8 Å². The second kappa shape index (κ2) is 8.50. The molecular weight excluding hydrogens is 296 g/mol. The van der Waals surface area contributed by atoms with Gasteiger partial charge in [0.2, 0.25) is 0 Å². The summed E-state index contributed by atoms with van der Waals surface area (Å²) < 4.78 is 10.5. The molecule has 1 aromatic rings. The van der Waals surface area contributed by atoms with E-state index in [0.717, 1.165) is 5.56 Å². The fourth-order valence-corrected chi connectivity index (χ4v) is 1.87. The number of ether oxygens (including phenoxy) is 2. The average molecular weight is 322 g/mol. The lowest BCUT2D eigenvalue weighted by Crippen LogP contribution is -2.45. The lowest BCUT2D eigenvalue weighted by Gasteiger charge is -2.25. The van der Waals surface area contributed by atoms with Gasteiger partial charge in [-0.25, -0.2) is 9.59 Å². The number of carbonyl (C=O) groups is 2. The molecule has 1 heterocycles. The third-order valence-corrected chi connectivity index (χ3v) is 2.81. The highest BCUT2D eigenvalue weighted by atomic mass is 16.6. The predicted octanol–water partition coefficient (Wildman–Crippen LogP) is 3.06. The minimum absolute atomic E-state index is 0.122. The van der Waals surface area contributed by atoms with Crippen molar-refractivity contribution >= 4 is 12.1 Å². The third kappa shape index (κ3) is 8.18. The highest BCUT2D eigenvalue weighted by Gasteiger charge is 2.27. The summed E-state index contributed by atoms with van der Waals surface area (Å²) in [7, 11) is 0. The summed E-state index contributed by atoms with van der Waals surface area (Å²) in [6.45, 7) is 9.44. The maximum absolute atomic E-state index is 12.2. The van der Waals surface area contributed by atoms with Crippen molar-refractivity contribution < 1.29 is 19.1 Å². The molecule has 1 rings (SSSR count). The van der Waals surface area contributed by atoms with Crippen LogP contribution >= 0.6 is 0 Å². The molecule has 0 aromatic carbocycles. The van der Waals surface area contributed by atoms with E-state index in [2.05, 4.69) is 10.3 Å². The van der Waals surface area contributed by atoms with Gasteiger partial charge in [0, 0.05) is 12.4 Å². The Morgan fingerprint density at radius 1 is 1.22 bits per heavy atom. The van der Waals surface area contributed by atoms with Gasteiger partial charge in [-0.05, 0) is 50.8 Å². The van der Waals surface area contributed by atoms with E-state index in [4.69, 9.17) is 9.47 Å². The van der Waals surface area contributed by atoms with E-state index >= 15 is 0 Å². The number of nitrogens with one attached hydrogen (secondary N) is 1. The Kier molecular flexibility index (Phi) is 7.00. The lowest BCUT2D eigenvalue weighted by atomic mass is 10.0. The van der Waals surface area contributed by atoms with Gasteiger partial charge in [-0.1, -0.05) is 13.8 Å². The van der Waals surface area contributed by atoms with E-state index in [1.165, 1.54) is 0 Å². The Balaban J connectivity index is 2.58. The Hall–Kier alpha value is -2.11. The van der Waals surface area contributed by atoms with Gasteiger partial charge >= 0.3 is 12.1 Å². The van der Waals surface area contributed by atoms with Crippen LogP contribution < -0.4 is 5.32 Å². The number of pyridine rings is 1. The highest BCUT2D eigenvalue weighted by Crippen LogP contribution is 2.13. The summed E-state index contributed by atoms with van der Waals surface area (Å²) in [5.74, 6) is -0.222. The van der Waals surface area contributed by atoms with Crippen molar-refractivity contribution in [3.8, 4) is 0 Å². The van der Waals surface area contributed by atoms with Crippen LogP contribution in [0.15, 0.2) is 24.5 Å². The predicted molar refractivity (Wildman–Crippen MR) is 86.6 cm³/mol. The van der Waals surface area contributed by atoms with Crippen molar-refractivity contribution in [1.29, 1.82) is 0 Å². The molecule has 0 bridgehead atoms. The Morgan fingerprint density at radius 2 is 1.83 bits per heavy atom. The molecule has 1 aromatic heterocycles. The summed E-state index contributed by atoms with van der Waals surface area (Å²) in [5.41, 5.74) is 0.224. The number of alkyl carbamates (subject to hydrolysis) is 1. The molecule has 0 aliphatic rings. The number of hydrogen-bond acceptors (Lipinski definition) is 5. The molecule has 1 unspecified atom stereocenters. The summed E-state index contributed by atoms with van der Waals surface area (Å²) >= 11 is 0. The molecule has 0 radical (unpaired) electrons. The van der Waals surface area contributed by atoms with Crippen LogP contribution in [0, 0.1) is 5.92 Å². The first-order valence-electron chi connectivity index (χ1n) is 7.72. The number of amides is 1. The first kappa shape index (κ1) is 18.9. The molecule has 0 fully saturated rings. The largest absolute Gasteiger partial charge is 0.458 e. The van der Waals surface area contributed by atoms with Crippen molar-refractivity contribution in [2.45, 2.75) is 59.3 Å². The van der Waals surface area contributed by atoms with Crippen molar-refractivity contribution in [2.24, 2.45) is 5.92 Å². The minimum Gasteiger partial charge on any atom is -0.458 e. The molecule has 0 saturated heterocycles. The van der Waals surface area contributed by atoms with E-state index in [0.29, 0.717) is 6.42 Å². The molecule has 0 aliphatic carbocycles. The zero-order valence-electron chi connectivity index (χ0n) is 14.5. The van der Waals surface area contributed by atoms with E-state index < -0.39 is 23.7 Å². The van der Waals surface area contributed by atoms with Gasteiger partial charge in [0.25, 0.3) is 0 Å². The number of esters is 1. The first-order valence-corrected chi connectivity index (χ1v) is 7.72. The third-order valence-electron chi connectivity index (χ3n) is 2.81. The second-order valence-electron chi connectivity index (χ2n) is 6.79. The molecule has 23 heavy (non-hydrogen) atoms.